The van der Waals surface area contributed by atoms with Crippen molar-refractivity contribution < 1.29 is 9.53 Å². The number of allylic oxidation sites excluding steroid dienone is 5. The Bertz CT molecular complexity index is 1210. The lowest BCUT2D eigenvalue weighted by atomic mass is 9.92. The van der Waals surface area contributed by atoms with Gasteiger partial charge in [0.05, 0.1) is 12.3 Å². The van der Waals surface area contributed by atoms with Crippen molar-refractivity contribution in [2.45, 2.75) is 50.6 Å². The van der Waals surface area contributed by atoms with Crippen LogP contribution in [-0.2, 0) is 6.54 Å². The summed E-state index contributed by atoms with van der Waals surface area (Å²) in [6, 6.07) is 14.7. The van der Waals surface area contributed by atoms with Crippen LogP contribution in [0.25, 0.3) is 0 Å². The molecule has 1 unspecified atom stereocenters. The second-order valence-corrected chi connectivity index (χ2v) is 10.7. The molecule has 5 rings (SSSR count). The summed E-state index contributed by atoms with van der Waals surface area (Å²) in [4.78, 5) is 16.5. The van der Waals surface area contributed by atoms with E-state index in [4.69, 9.17) is 4.74 Å². The van der Waals surface area contributed by atoms with Crippen LogP contribution in [-0.4, -0.2) is 31.4 Å². The topological polar surface area (TPSA) is 53.6 Å². The van der Waals surface area contributed by atoms with Crippen LogP contribution in [0.3, 0.4) is 0 Å². The Morgan fingerprint density at radius 3 is 2.72 bits per heavy atom. The van der Waals surface area contributed by atoms with Crippen molar-refractivity contribution in [1.29, 1.82) is 0 Å². The highest BCUT2D eigenvalue weighted by Crippen LogP contribution is 2.37. The monoisotopic (exact) mass is 501 g/mol. The molecule has 1 fully saturated rings. The number of anilines is 1. The van der Waals surface area contributed by atoms with Crippen molar-refractivity contribution in [3.63, 3.8) is 0 Å². The first kappa shape index (κ1) is 24.6. The molecular weight excluding hydrogens is 466 g/mol. The third kappa shape index (κ3) is 5.65. The maximum Gasteiger partial charge on any atom is 0.251 e. The van der Waals surface area contributed by atoms with E-state index in [1.807, 2.05) is 18.2 Å². The van der Waals surface area contributed by atoms with E-state index < -0.39 is 0 Å². The van der Waals surface area contributed by atoms with E-state index in [0.717, 1.165) is 35.7 Å². The molecule has 1 amide bonds. The zero-order valence-corrected chi connectivity index (χ0v) is 22.2. The van der Waals surface area contributed by atoms with E-state index in [9.17, 15) is 4.79 Å². The highest BCUT2D eigenvalue weighted by Gasteiger charge is 2.25. The molecule has 1 atom stereocenters. The number of rotatable bonds is 7. The number of ether oxygens (including phenoxy) is 1. The first-order valence-corrected chi connectivity index (χ1v) is 14.1. The molecule has 36 heavy (non-hydrogen) atoms. The number of hydrogen-bond donors (Lipinski definition) is 2. The third-order valence-corrected chi connectivity index (χ3v) is 7.74. The fourth-order valence-electron chi connectivity index (χ4n) is 4.74. The average Bonchev–Trinajstić information content (AvgIpc) is 3.74. The van der Waals surface area contributed by atoms with Crippen LogP contribution in [0.2, 0.25) is 0 Å². The van der Waals surface area contributed by atoms with Crippen molar-refractivity contribution >= 4 is 23.4 Å². The largest absolute Gasteiger partial charge is 0.491 e. The lowest BCUT2D eigenvalue weighted by molar-refractivity contribution is 0.0950. The molecule has 188 valence electrons. The van der Waals surface area contributed by atoms with Gasteiger partial charge in [0.1, 0.15) is 5.75 Å². The van der Waals surface area contributed by atoms with Gasteiger partial charge in [-0.1, -0.05) is 25.1 Å². The number of carbonyl (C=O) groups is 1. The van der Waals surface area contributed by atoms with Gasteiger partial charge in [-0.15, -0.1) is 11.8 Å². The number of benzene rings is 2. The summed E-state index contributed by atoms with van der Waals surface area (Å²) in [7, 11) is 0. The fraction of sp³-hybridized carbons (Fsp3) is 0.367. The summed E-state index contributed by atoms with van der Waals surface area (Å²) in [5, 5.41) is 6.71. The minimum atomic E-state index is -0.0938. The zero-order valence-electron chi connectivity index (χ0n) is 21.3. The molecule has 2 aromatic carbocycles. The van der Waals surface area contributed by atoms with Gasteiger partial charge < -0.3 is 20.3 Å². The van der Waals surface area contributed by atoms with Crippen LogP contribution >= 0.6 is 11.8 Å². The Labute approximate surface area is 218 Å². The molecule has 1 saturated carbocycles. The molecule has 5 nitrogen and oxygen atoms in total. The first-order valence-electron chi connectivity index (χ1n) is 12.8. The van der Waals surface area contributed by atoms with Crippen molar-refractivity contribution in [3.05, 3.63) is 88.8 Å². The van der Waals surface area contributed by atoms with Gasteiger partial charge in [-0.25, -0.2) is 0 Å². The average molecular weight is 502 g/mol. The molecule has 2 aliphatic carbocycles. The summed E-state index contributed by atoms with van der Waals surface area (Å²) in [6.07, 6.45) is 12.3. The molecule has 2 N–H and O–H groups in total. The van der Waals surface area contributed by atoms with Crippen LogP contribution < -0.4 is 20.3 Å². The number of amides is 1. The molecule has 6 heteroatoms. The van der Waals surface area contributed by atoms with Crippen LogP contribution in [0.1, 0.15) is 49.0 Å². The SMILES string of the molecule is CSc1ccc(CNC(=O)c2ccc3c(c2)OCCCN3C2=C/C(=C(\C)NC3CC3)C(C)C=C2)cc1. The van der Waals surface area contributed by atoms with E-state index in [2.05, 4.69) is 78.1 Å². The quantitative estimate of drug-likeness (QED) is 0.453. The number of fused-ring (bicyclic) bond motifs is 1. The number of nitrogens with zero attached hydrogens (tertiary/aromatic N) is 1. The van der Waals surface area contributed by atoms with Crippen LogP contribution in [0.5, 0.6) is 5.75 Å². The van der Waals surface area contributed by atoms with Gasteiger partial charge in [0.2, 0.25) is 0 Å². The van der Waals surface area contributed by atoms with E-state index in [1.54, 1.807) is 11.8 Å². The first-order chi connectivity index (χ1) is 17.5. The summed E-state index contributed by atoms with van der Waals surface area (Å²) in [6.45, 7) is 6.45. The highest BCUT2D eigenvalue weighted by molar-refractivity contribution is 7.98. The van der Waals surface area contributed by atoms with Gasteiger partial charge in [0.15, 0.2) is 0 Å². The van der Waals surface area contributed by atoms with Crippen molar-refractivity contribution in [2.24, 2.45) is 5.92 Å². The lowest BCUT2D eigenvalue weighted by Crippen LogP contribution is -2.25. The summed E-state index contributed by atoms with van der Waals surface area (Å²) < 4.78 is 6.11. The van der Waals surface area contributed by atoms with E-state index in [0.29, 0.717) is 30.7 Å². The summed E-state index contributed by atoms with van der Waals surface area (Å²) in [5.74, 6) is 1.05. The van der Waals surface area contributed by atoms with E-state index >= 15 is 0 Å². The predicted molar refractivity (Wildman–Crippen MR) is 149 cm³/mol. The van der Waals surface area contributed by atoms with Crippen LogP contribution in [0.15, 0.2) is 82.6 Å². The number of thioether (sulfide) groups is 1. The Kier molecular flexibility index (Phi) is 7.42. The molecule has 3 aliphatic rings. The fourth-order valence-corrected chi connectivity index (χ4v) is 5.14. The van der Waals surface area contributed by atoms with Gasteiger partial charge in [-0.05, 0) is 86.1 Å². The van der Waals surface area contributed by atoms with Gasteiger partial charge in [0.25, 0.3) is 5.91 Å². The van der Waals surface area contributed by atoms with Gasteiger partial charge >= 0.3 is 0 Å². The number of nitrogens with one attached hydrogen (secondary N) is 2. The van der Waals surface area contributed by atoms with Crippen molar-refractivity contribution in [1.82, 2.24) is 10.6 Å². The minimum absolute atomic E-state index is 0.0938. The van der Waals surface area contributed by atoms with E-state index in [-0.39, 0.29) is 5.91 Å². The zero-order chi connectivity index (χ0) is 25.1. The molecule has 2 aromatic rings. The molecule has 0 aromatic heterocycles. The summed E-state index contributed by atoms with van der Waals surface area (Å²) in [5.41, 5.74) is 6.48. The Balaban J connectivity index is 1.34. The molecule has 0 radical (unpaired) electrons. The standard InChI is InChI=1S/C30H35N3O2S/c1-20-5-11-25(18-27(20)21(2)32-24-9-10-24)33-15-4-16-35-29-17-23(8-14-28(29)33)30(34)31-19-22-6-12-26(36-3)13-7-22/h5-8,11-14,17-18,20,24,32H,4,9-10,15-16,19H2,1-3H3,(H,31,34)/b27-21-. The van der Waals surface area contributed by atoms with E-state index in [1.165, 1.54) is 29.0 Å². The smallest absolute Gasteiger partial charge is 0.251 e. The normalized spacial score (nSPS) is 20.6. The number of hydrogen-bond acceptors (Lipinski definition) is 5. The Morgan fingerprint density at radius 1 is 1.17 bits per heavy atom. The molecule has 0 spiro atoms. The number of carbonyl (C=O) groups excluding carboxylic acids is 1. The van der Waals surface area contributed by atoms with Crippen molar-refractivity contribution in [2.75, 3.05) is 24.3 Å². The van der Waals surface area contributed by atoms with Gasteiger partial charge in [-0.2, -0.15) is 0 Å². The van der Waals surface area contributed by atoms with Gasteiger partial charge in [-0.3, -0.25) is 4.79 Å². The second-order valence-electron chi connectivity index (χ2n) is 9.78. The third-order valence-electron chi connectivity index (χ3n) is 7.00. The molecule has 0 saturated heterocycles. The Morgan fingerprint density at radius 2 is 1.97 bits per heavy atom. The van der Waals surface area contributed by atoms with Crippen molar-refractivity contribution in [3.8, 4) is 5.75 Å². The maximum atomic E-state index is 12.9. The molecule has 1 heterocycles. The molecular formula is C30H35N3O2S. The van der Waals surface area contributed by atoms with Crippen LogP contribution in [0.4, 0.5) is 5.69 Å². The van der Waals surface area contributed by atoms with Gasteiger partial charge in [0, 0.05) is 46.9 Å². The highest BCUT2D eigenvalue weighted by atomic mass is 32.2. The Hall–Kier alpha value is -3.12. The van der Waals surface area contributed by atoms with Crippen LogP contribution in [0, 0.1) is 5.92 Å². The molecule has 0 bridgehead atoms. The summed E-state index contributed by atoms with van der Waals surface area (Å²) >= 11 is 1.71. The molecule has 1 aliphatic heterocycles. The predicted octanol–water partition coefficient (Wildman–Crippen LogP) is 6.04. The minimum Gasteiger partial charge on any atom is -0.491 e. The maximum absolute atomic E-state index is 12.9. The lowest BCUT2D eigenvalue weighted by Gasteiger charge is -2.29. The second kappa shape index (κ2) is 10.9.